The van der Waals surface area contributed by atoms with E-state index in [9.17, 15) is 0 Å². The molecule has 0 unspecified atom stereocenters. The lowest BCUT2D eigenvalue weighted by molar-refractivity contribution is 0.530. The monoisotopic (exact) mass is 216 g/mol. The molecular weight excluding hydrogens is 204 g/mol. The van der Waals surface area contributed by atoms with Gasteiger partial charge in [-0.1, -0.05) is 30.3 Å². The molecule has 15 heavy (non-hydrogen) atoms. The topological polar surface area (TPSA) is 13.1 Å². The maximum Gasteiger partial charge on any atom is 0.113 e. The first-order chi connectivity index (χ1) is 7.45. The first-order valence-electron chi connectivity index (χ1n) is 4.81. The van der Waals surface area contributed by atoms with Crippen LogP contribution in [0.25, 0.3) is 6.08 Å². The summed E-state index contributed by atoms with van der Waals surface area (Å²) in [6.07, 6.45) is 3.81. The number of rotatable bonds is 4. The van der Waals surface area contributed by atoms with Crippen LogP contribution in [0.1, 0.15) is 11.3 Å². The van der Waals surface area contributed by atoms with Crippen LogP contribution in [0.3, 0.4) is 0 Å². The summed E-state index contributed by atoms with van der Waals surface area (Å²) in [5.41, 5.74) is 1.23. The van der Waals surface area contributed by atoms with Gasteiger partial charge in [0.2, 0.25) is 0 Å². The van der Waals surface area contributed by atoms with Crippen LogP contribution in [0.4, 0.5) is 0 Å². The molecule has 0 N–H and O–H groups in total. The molecule has 1 aromatic carbocycles. The smallest absolute Gasteiger partial charge is 0.113 e. The van der Waals surface area contributed by atoms with Crippen molar-refractivity contribution < 1.29 is 4.42 Å². The highest BCUT2D eigenvalue weighted by Crippen LogP contribution is 2.15. The van der Waals surface area contributed by atoms with Gasteiger partial charge >= 0.3 is 0 Å². The minimum absolute atomic E-state index is 0.885. The Balaban J connectivity index is 1.81. The van der Waals surface area contributed by atoms with Gasteiger partial charge in [-0.3, -0.25) is 0 Å². The van der Waals surface area contributed by atoms with Crippen LogP contribution in [-0.2, 0) is 5.75 Å². The SMILES string of the molecule is C(=C/c1ccccc1)/SCc1ccco1. The molecule has 2 rings (SSSR count). The normalized spacial score (nSPS) is 10.9. The zero-order valence-electron chi connectivity index (χ0n) is 8.30. The van der Waals surface area contributed by atoms with Gasteiger partial charge in [0.1, 0.15) is 5.76 Å². The summed E-state index contributed by atoms with van der Waals surface area (Å²) in [6.45, 7) is 0. The lowest BCUT2D eigenvalue weighted by Crippen LogP contribution is -1.70. The van der Waals surface area contributed by atoms with E-state index in [0.29, 0.717) is 0 Å². The van der Waals surface area contributed by atoms with Crippen molar-refractivity contribution in [3.05, 3.63) is 65.5 Å². The van der Waals surface area contributed by atoms with Crippen molar-refractivity contribution >= 4 is 17.8 Å². The molecule has 1 nitrogen and oxygen atoms in total. The lowest BCUT2D eigenvalue weighted by Gasteiger charge is -1.92. The van der Waals surface area contributed by atoms with E-state index < -0.39 is 0 Å². The van der Waals surface area contributed by atoms with Crippen molar-refractivity contribution in [3.8, 4) is 0 Å². The molecule has 0 fully saturated rings. The molecule has 1 heterocycles. The van der Waals surface area contributed by atoms with E-state index in [-0.39, 0.29) is 0 Å². The van der Waals surface area contributed by atoms with Crippen LogP contribution < -0.4 is 0 Å². The summed E-state index contributed by atoms with van der Waals surface area (Å²) in [6, 6.07) is 14.2. The van der Waals surface area contributed by atoms with Gasteiger partial charge in [-0.05, 0) is 29.2 Å². The highest BCUT2D eigenvalue weighted by Gasteiger charge is 1.92. The quantitative estimate of drug-likeness (QED) is 0.760. The Labute approximate surface area is 93.8 Å². The number of furan rings is 1. The van der Waals surface area contributed by atoms with E-state index in [2.05, 4.69) is 23.6 Å². The van der Waals surface area contributed by atoms with E-state index in [1.807, 2.05) is 30.3 Å². The van der Waals surface area contributed by atoms with Gasteiger partial charge in [-0.25, -0.2) is 0 Å². The minimum Gasteiger partial charge on any atom is -0.468 e. The van der Waals surface area contributed by atoms with E-state index in [1.54, 1.807) is 18.0 Å². The molecule has 0 aliphatic carbocycles. The van der Waals surface area contributed by atoms with Crippen LogP contribution in [0, 0.1) is 0 Å². The van der Waals surface area contributed by atoms with E-state index in [0.717, 1.165) is 11.5 Å². The maximum absolute atomic E-state index is 5.23. The fourth-order valence-electron chi connectivity index (χ4n) is 1.22. The Kier molecular flexibility index (Phi) is 3.69. The summed E-state index contributed by atoms with van der Waals surface area (Å²) < 4.78 is 5.23. The van der Waals surface area contributed by atoms with Crippen LogP contribution in [0.15, 0.2) is 58.6 Å². The van der Waals surface area contributed by atoms with E-state index >= 15 is 0 Å². The largest absolute Gasteiger partial charge is 0.468 e. The molecule has 2 aromatic rings. The van der Waals surface area contributed by atoms with Gasteiger partial charge in [0.25, 0.3) is 0 Å². The fourth-order valence-corrected chi connectivity index (χ4v) is 1.89. The maximum atomic E-state index is 5.23. The average Bonchev–Trinajstić information content (AvgIpc) is 2.79. The molecule has 0 spiro atoms. The lowest BCUT2D eigenvalue weighted by atomic mass is 10.2. The third-order valence-corrected chi connectivity index (χ3v) is 2.74. The second-order valence-electron chi connectivity index (χ2n) is 3.10. The minimum atomic E-state index is 0.885. The van der Waals surface area contributed by atoms with Crippen molar-refractivity contribution in [2.45, 2.75) is 5.75 Å². The summed E-state index contributed by atoms with van der Waals surface area (Å²) in [7, 11) is 0. The highest BCUT2D eigenvalue weighted by molar-refractivity contribution is 8.01. The van der Waals surface area contributed by atoms with Gasteiger partial charge in [-0.15, -0.1) is 11.8 Å². The number of benzene rings is 1. The second-order valence-corrected chi connectivity index (χ2v) is 4.00. The van der Waals surface area contributed by atoms with Crippen molar-refractivity contribution in [1.29, 1.82) is 0 Å². The standard InChI is InChI=1S/C13H12OS/c1-2-5-12(6-3-1)8-10-15-11-13-7-4-9-14-13/h1-10H,11H2/b10-8-. The Morgan fingerprint density at radius 3 is 2.67 bits per heavy atom. The Morgan fingerprint density at radius 1 is 1.07 bits per heavy atom. The van der Waals surface area contributed by atoms with Crippen LogP contribution in [-0.4, -0.2) is 0 Å². The van der Waals surface area contributed by atoms with E-state index in [4.69, 9.17) is 4.42 Å². The third kappa shape index (κ3) is 3.33. The van der Waals surface area contributed by atoms with Gasteiger partial charge in [0, 0.05) is 0 Å². The second kappa shape index (κ2) is 5.47. The van der Waals surface area contributed by atoms with Crippen molar-refractivity contribution in [3.63, 3.8) is 0 Å². The van der Waals surface area contributed by atoms with Gasteiger partial charge in [-0.2, -0.15) is 0 Å². The van der Waals surface area contributed by atoms with Crippen LogP contribution in [0.5, 0.6) is 0 Å². The zero-order chi connectivity index (χ0) is 10.3. The Morgan fingerprint density at radius 2 is 1.93 bits per heavy atom. The summed E-state index contributed by atoms with van der Waals surface area (Å²) in [5.74, 6) is 1.90. The molecule has 0 radical (unpaired) electrons. The molecule has 0 aliphatic rings. The molecule has 0 amide bonds. The highest BCUT2D eigenvalue weighted by atomic mass is 32.2. The fraction of sp³-hybridized carbons (Fsp3) is 0.0769. The van der Waals surface area contributed by atoms with Gasteiger partial charge in [0.05, 0.1) is 12.0 Å². The molecular formula is C13H12OS. The Hall–Kier alpha value is -1.41. The molecule has 2 heteroatoms. The van der Waals surface area contributed by atoms with Crippen molar-refractivity contribution in [2.24, 2.45) is 0 Å². The predicted molar refractivity (Wildman–Crippen MR) is 65.5 cm³/mol. The van der Waals surface area contributed by atoms with Crippen LogP contribution in [0.2, 0.25) is 0 Å². The molecule has 1 aromatic heterocycles. The Bertz CT molecular complexity index is 403. The first-order valence-corrected chi connectivity index (χ1v) is 5.85. The van der Waals surface area contributed by atoms with Gasteiger partial charge < -0.3 is 4.42 Å². The number of hydrogen-bond donors (Lipinski definition) is 0. The molecule has 76 valence electrons. The summed E-state index contributed by atoms with van der Waals surface area (Å²) >= 11 is 1.73. The third-order valence-electron chi connectivity index (χ3n) is 1.96. The molecule has 0 atom stereocenters. The number of thioether (sulfide) groups is 1. The van der Waals surface area contributed by atoms with E-state index in [1.165, 1.54) is 5.56 Å². The zero-order valence-corrected chi connectivity index (χ0v) is 9.11. The average molecular weight is 216 g/mol. The first kappa shape index (κ1) is 10.1. The summed E-state index contributed by atoms with van der Waals surface area (Å²) in [4.78, 5) is 0. The van der Waals surface area contributed by atoms with Crippen molar-refractivity contribution in [2.75, 3.05) is 0 Å². The number of hydrogen-bond acceptors (Lipinski definition) is 2. The molecule has 0 saturated heterocycles. The summed E-state index contributed by atoms with van der Waals surface area (Å²) in [5, 5.41) is 2.10. The van der Waals surface area contributed by atoms with Crippen molar-refractivity contribution in [1.82, 2.24) is 0 Å². The predicted octanol–water partition coefficient (Wildman–Crippen LogP) is 4.18. The van der Waals surface area contributed by atoms with Gasteiger partial charge in [0.15, 0.2) is 0 Å². The molecule has 0 aliphatic heterocycles. The van der Waals surface area contributed by atoms with Crippen LogP contribution >= 0.6 is 11.8 Å². The molecule has 0 saturated carbocycles. The molecule has 0 bridgehead atoms.